The smallest absolute Gasteiger partial charge is 0.443 e. The minimum atomic E-state index is -4.41. The first-order valence-electron chi connectivity index (χ1n) is 9.61. The van der Waals surface area contributed by atoms with Crippen LogP contribution in [0.3, 0.4) is 0 Å². The number of benzene rings is 1. The molecule has 1 aliphatic heterocycles. The maximum absolute atomic E-state index is 12.8. The zero-order valence-electron chi connectivity index (χ0n) is 16.5. The summed E-state index contributed by atoms with van der Waals surface area (Å²) in [5, 5.41) is 3.67. The second-order valence-electron chi connectivity index (χ2n) is 7.08. The van der Waals surface area contributed by atoms with Gasteiger partial charge >= 0.3 is 6.18 Å². The summed E-state index contributed by atoms with van der Waals surface area (Å²) in [6.45, 7) is 5.30. The molecule has 0 radical (unpaired) electrons. The van der Waals surface area contributed by atoms with E-state index in [1.807, 2.05) is 19.2 Å². The fraction of sp³-hybridized carbons (Fsp3) is 0.550. The third-order valence-electron chi connectivity index (χ3n) is 4.89. The molecule has 2 atom stereocenters. The van der Waals surface area contributed by atoms with Crippen LogP contribution < -0.4 is 10.1 Å². The van der Waals surface area contributed by atoms with Crippen molar-refractivity contribution in [1.29, 1.82) is 0 Å². The van der Waals surface area contributed by atoms with Crippen LogP contribution in [0.25, 0.3) is 0 Å². The molecule has 1 saturated heterocycles. The standard InChI is InChI=1S/C20H26F3N3O2S/c1-14(11-15-3-5-16(6-4-15)27-9-7-24-2)26-8-10-28-18(12-26)17-13-29-19(25-17)20(21,22)23/h3-6,13-14,18,24H,7-12H2,1-2H3. The molecule has 1 fully saturated rings. The molecule has 0 aliphatic carbocycles. The summed E-state index contributed by atoms with van der Waals surface area (Å²) in [6, 6.07) is 8.28. The van der Waals surface area contributed by atoms with E-state index >= 15 is 0 Å². The monoisotopic (exact) mass is 429 g/mol. The second kappa shape index (κ2) is 9.88. The lowest BCUT2D eigenvalue weighted by atomic mass is 10.0. The van der Waals surface area contributed by atoms with Crippen LogP contribution in [0.2, 0.25) is 0 Å². The average molecular weight is 430 g/mol. The Bertz CT molecular complexity index is 767. The Morgan fingerprint density at radius 3 is 2.76 bits per heavy atom. The zero-order chi connectivity index (χ0) is 20.9. The molecule has 160 valence electrons. The van der Waals surface area contributed by atoms with Crippen molar-refractivity contribution in [2.24, 2.45) is 0 Å². The summed E-state index contributed by atoms with van der Waals surface area (Å²) >= 11 is 0.620. The molecule has 1 N–H and O–H groups in total. The van der Waals surface area contributed by atoms with Gasteiger partial charge in [-0.15, -0.1) is 11.3 Å². The molecule has 3 rings (SSSR count). The van der Waals surface area contributed by atoms with Crippen LogP contribution >= 0.6 is 11.3 Å². The van der Waals surface area contributed by atoms with Gasteiger partial charge in [0, 0.05) is 31.1 Å². The number of hydrogen-bond donors (Lipinski definition) is 1. The molecule has 29 heavy (non-hydrogen) atoms. The van der Waals surface area contributed by atoms with Crippen molar-refractivity contribution in [1.82, 2.24) is 15.2 Å². The molecule has 0 amide bonds. The molecule has 1 aromatic heterocycles. The number of halogens is 3. The Morgan fingerprint density at radius 1 is 1.34 bits per heavy atom. The van der Waals surface area contributed by atoms with Gasteiger partial charge in [0.1, 0.15) is 18.5 Å². The topological polar surface area (TPSA) is 46.6 Å². The SMILES string of the molecule is CNCCOc1ccc(CC(C)N2CCOC(c3csc(C(F)(F)F)n3)C2)cc1. The summed E-state index contributed by atoms with van der Waals surface area (Å²) in [5.74, 6) is 0.840. The summed E-state index contributed by atoms with van der Waals surface area (Å²) < 4.78 is 49.8. The van der Waals surface area contributed by atoms with E-state index in [0.29, 0.717) is 36.8 Å². The van der Waals surface area contributed by atoms with Crippen LogP contribution in [-0.4, -0.2) is 55.8 Å². The van der Waals surface area contributed by atoms with Gasteiger partial charge in [0.05, 0.1) is 12.3 Å². The van der Waals surface area contributed by atoms with E-state index < -0.39 is 17.3 Å². The average Bonchev–Trinajstić information content (AvgIpc) is 3.20. The van der Waals surface area contributed by atoms with Crippen molar-refractivity contribution in [2.45, 2.75) is 31.7 Å². The normalized spacial score (nSPS) is 19.3. The molecule has 9 heteroatoms. The molecule has 2 aromatic rings. The number of alkyl halides is 3. The van der Waals surface area contributed by atoms with Crippen molar-refractivity contribution in [3.8, 4) is 5.75 Å². The van der Waals surface area contributed by atoms with Crippen LogP contribution in [0.15, 0.2) is 29.6 Å². The predicted molar refractivity (Wildman–Crippen MR) is 106 cm³/mol. The van der Waals surface area contributed by atoms with E-state index in [2.05, 4.69) is 34.3 Å². The van der Waals surface area contributed by atoms with E-state index in [4.69, 9.17) is 9.47 Å². The summed E-state index contributed by atoms with van der Waals surface area (Å²) in [6.07, 6.45) is -4.00. The van der Waals surface area contributed by atoms with Crippen LogP contribution in [0, 0.1) is 0 Å². The number of rotatable bonds is 8. The number of nitrogens with one attached hydrogen (secondary N) is 1. The number of morpholine rings is 1. The number of nitrogens with zero attached hydrogens (tertiary/aromatic N) is 2. The first kappa shape index (κ1) is 22.0. The van der Waals surface area contributed by atoms with Gasteiger partial charge in [-0.25, -0.2) is 4.98 Å². The Morgan fingerprint density at radius 2 is 2.10 bits per heavy atom. The molecular weight excluding hydrogens is 403 g/mol. The number of aromatic nitrogens is 1. The fourth-order valence-electron chi connectivity index (χ4n) is 3.28. The lowest BCUT2D eigenvalue weighted by Crippen LogP contribution is -2.44. The first-order chi connectivity index (χ1) is 13.9. The van der Waals surface area contributed by atoms with Crippen LogP contribution in [0.4, 0.5) is 13.2 Å². The largest absolute Gasteiger partial charge is 0.492 e. The highest BCUT2D eigenvalue weighted by Crippen LogP contribution is 2.34. The molecule has 2 heterocycles. The number of likely N-dealkylation sites (N-methyl/N-ethyl adjacent to an activating group) is 1. The fourth-order valence-corrected chi connectivity index (χ4v) is 4.00. The van der Waals surface area contributed by atoms with E-state index in [-0.39, 0.29) is 6.04 Å². The highest BCUT2D eigenvalue weighted by Gasteiger charge is 2.36. The minimum absolute atomic E-state index is 0.234. The van der Waals surface area contributed by atoms with Crippen LogP contribution in [0.1, 0.15) is 29.3 Å². The first-order valence-corrected chi connectivity index (χ1v) is 10.5. The number of ether oxygens (including phenoxy) is 2. The van der Waals surface area contributed by atoms with Crippen molar-refractivity contribution in [2.75, 3.05) is 39.9 Å². The number of hydrogen-bond acceptors (Lipinski definition) is 6. The van der Waals surface area contributed by atoms with E-state index in [9.17, 15) is 13.2 Å². The molecule has 5 nitrogen and oxygen atoms in total. The van der Waals surface area contributed by atoms with Crippen molar-refractivity contribution >= 4 is 11.3 Å². The Labute approximate surface area is 172 Å². The van der Waals surface area contributed by atoms with Gasteiger partial charge in [-0.3, -0.25) is 4.90 Å². The van der Waals surface area contributed by atoms with Gasteiger partial charge < -0.3 is 14.8 Å². The predicted octanol–water partition coefficient (Wildman–Crippen LogP) is 3.76. The second-order valence-corrected chi connectivity index (χ2v) is 7.94. The van der Waals surface area contributed by atoms with Gasteiger partial charge in [0.25, 0.3) is 0 Å². The van der Waals surface area contributed by atoms with Gasteiger partial charge in [-0.05, 0) is 38.1 Å². The van der Waals surface area contributed by atoms with Gasteiger partial charge in [-0.1, -0.05) is 12.1 Å². The lowest BCUT2D eigenvalue weighted by Gasteiger charge is -2.36. The van der Waals surface area contributed by atoms with Crippen molar-refractivity contribution in [3.05, 3.63) is 45.9 Å². The van der Waals surface area contributed by atoms with Gasteiger partial charge in [-0.2, -0.15) is 13.2 Å². The lowest BCUT2D eigenvalue weighted by molar-refractivity contribution is -0.138. The Hall–Kier alpha value is -1.68. The molecule has 0 saturated carbocycles. The third kappa shape index (κ3) is 6.15. The van der Waals surface area contributed by atoms with Gasteiger partial charge in [0.2, 0.25) is 0 Å². The summed E-state index contributed by atoms with van der Waals surface area (Å²) in [4.78, 5) is 5.99. The Balaban J connectivity index is 1.55. The quantitative estimate of drug-likeness (QED) is 0.648. The molecular formula is C20H26F3N3O2S. The third-order valence-corrected chi connectivity index (χ3v) is 5.80. The van der Waals surface area contributed by atoms with E-state index in [0.717, 1.165) is 25.3 Å². The number of thiazole rings is 1. The minimum Gasteiger partial charge on any atom is -0.492 e. The highest BCUT2D eigenvalue weighted by atomic mass is 32.1. The zero-order valence-corrected chi connectivity index (χ0v) is 17.4. The highest BCUT2D eigenvalue weighted by molar-refractivity contribution is 7.09. The van der Waals surface area contributed by atoms with Crippen molar-refractivity contribution in [3.63, 3.8) is 0 Å². The summed E-state index contributed by atoms with van der Waals surface area (Å²) in [7, 11) is 1.88. The van der Waals surface area contributed by atoms with E-state index in [1.54, 1.807) is 0 Å². The maximum atomic E-state index is 12.8. The molecule has 0 bridgehead atoms. The van der Waals surface area contributed by atoms with Crippen molar-refractivity contribution < 1.29 is 22.6 Å². The molecule has 0 spiro atoms. The molecule has 1 aliphatic rings. The van der Waals surface area contributed by atoms with Crippen LogP contribution in [-0.2, 0) is 17.3 Å². The summed E-state index contributed by atoms with van der Waals surface area (Å²) in [5.41, 5.74) is 1.55. The molecule has 1 aromatic carbocycles. The van der Waals surface area contributed by atoms with E-state index in [1.165, 1.54) is 10.9 Å². The van der Waals surface area contributed by atoms with Crippen LogP contribution in [0.5, 0.6) is 5.75 Å². The Kier molecular flexibility index (Phi) is 7.50. The molecule has 2 unspecified atom stereocenters. The maximum Gasteiger partial charge on any atom is 0.443 e. The van der Waals surface area contributed by atoms with Gasteiger partial charge in [0.15, 0.2) is 5.01 Å².